The maximum absolute atomic E-state index is 12.9. The van der Waals surface area contributed by atoms with Crippen LogP contribution in [0.15, 0.2) is 36.5 Å². The predicted octanol–water partition coefficient (Wildman–Crippen LogP) is 22.0. The summed E-state index contributed by atoms with van der Waals surface area (Å²) in [5, 5.41) is 0. The Labute approximate surface area is 455 Å². The minimum Gasteiger partial charge on any atom is -0.462 e. The van der Waals surface area contributed by atoms with Crippen LogP contribution in [0.25, 0.3) is 0 Å². The lowest BCUT2D eigenvalue weighted by Gasteiger charge is -2.18. The molecule has 0 bridgehead atoms. The largest absolute Gasteiger partial charge is 0.462 e. The van der Waals surface area contributed by atoms with Gasteiger partial charge in [0.2, 0.25) is 0 Å². The minimum atomic E-state index is -0.776. The molecule has 6 heteroatoms. The van der Waals surface area contributed by atoms with E-state index in [4.69, 9.17) is 14.2 Å². The van der Waals surface area contributed by atoms with Crippen molar-refractivity contribution in [2.75, 3.05) is 13.2 Å². The van der Waals surface area contributed by atoms with Crippen LogP contribution in [0.5, 0.6) is 0 Å². The van der Waals surface area contributed by atoms with E-state index < -0.39 is 6.10 Å². The highest BCUT2D eigenvalue weighted by Gasteiger charge is 2.19. The van der Waals surface area contributed by atoms with Crippen molar-refractivity contribution in [2.45, 2.75) is 361 Å². The van der Waals surface area contributed by atoms with Gasteiger partial charge in [-0.25, -0.2) is 0 Å². The number of ether oxygens (including phenoxy) is 3. The average Bonchev–Trinajstić information content (AvgIpc) is 3.39. The second kappa shape index (κ2) is 62.2. The maximum Gasteiger partial charge on any atom is 0.306 e. The van der Waals surface area contributed by atoms with Gasteiger partial charge in [-0.05, 0) is 77.0 Å². The summed E-state index contributed by atoms with van der Waals surface area (Å²) in [5.41, 5.74) is 0. The zero-order valence-electron chi connectivity index (χ0n) is 49.2. The van der Waals surface area contributed by atoms with E-state index in [1.165, 1.54) is 244 Å². The van der Waals surface area contributed by atoms with Crippen LogP contribution in [0.1, 0.15) is 355 Å². The summed E-state index contributed by atoms with van der Waals surface area (Å²) >= 11 is 0. The second-order valence-corrected chi connectivity index (χ2v) is 22.0. The van der Waals surface area contributed by atoms with Crippen LogP contribution in [0.4, 0.5) is 0 Å². The monoisotopic (exact) mass is 1020 g/mol. The first kappa shape index (κ1) is 70.6. The molecule has 0 aliphatic rings. The van der Waals surface area contributed by atoms with Crippen LogP contribution < -0.4 is 0 Å². The Hall–Kier alpha value is -2.37. The SMILES string of the molecule is CCCCC/C=C\CCCCCCCC(=O)OCC(COC(=O)CCCCCCCCCCCCCCCCCCCCCCCC)OC(=O)CCCCCCCCCCC/C=C\C/C=C\CCCCCCC. The molecule has 0 radical (unpaired) electrons. The molecule has 0 aromatic carbocycles. The zero-order valence-corrected chi connectivity index (χ0v) is 49.2. The summed E-state index contributed by atoms with van der Waals surface area (Å²) in [5.74, 6) is -0.863. The van der Waals surface area contributed by atoms with Gasteiger partial charge in [0.05, 0.1) is 0 Å². The quantitative estimate of drug-likeness (QED) is 0.0261. The number of allylic oxidation sites excluding steroid dienone is 6. The Morgan fingerprint density at radius 3 is 0.795 bits per heavy atom. The van der Waals surface area contributed by atoms with E-state index in [0.29, 0.717) is 19.3 Å². The van der Waals surface area contributed by atoms with Crippen LogP contribution >= 0.6 is 0 Å². The van der Waals surface area contributed by atoms with Gasteiger partial charge in [0.15, 0.2) is 6.10 Å². The molecule has 0 amide bonds. The summed E-state index contributed by atoms with van der Waals surface area (Å²) < 4.78 is 16.9. The third-order valence-electron chi connectivity index (χ3n) is 14.6. The van der Waals surface area contributed by atoms with Crippen molar-refractivity contribution in [3.63, 3.8) is 0 Å². The Morgan fingerprint density at radius 1 is 0.274 bits per heavy atom. The number of unbranched alkanes of at least 4 members (excludes halogenated alkanes) is 43. The number of esters is 3. The molecule has 0 fully saturated rings. The number of carbonyl (C=O) groups excluding carboxylic acids is 3. The smallest absolute Gasteiger partial charge is 0.306 e. The van der Waals surface area contributed by atoms with E-state index in [1.54, 1.807) is 0 Å². The molecule has 1 atom stereocenters. The van der Waals surface area contributed by atoms with E-state index in [9.17, 15) is 14.4 Å². The molecule has 0 rings (SSSR count). The van der Waals surface area contributed by atoms with Gasteiger partial charge in [-0.15, -0.1) is 0 Å². The topological polar surface area (TPSA) is 78.9 Å². The van der Waals surface area contributed by atoms with Gasteiger partial charge in [-0.1, -0.05) is 295 Å². The van der Waals surface area contributed by atoms with E-state index in [2.05, 4.69) is 57.2 Å². The zero-order chi connectivity index (χ0) is 52.9. The Balaban J connectivity index is 4.26. The summed E-state index contributed by atoms with van der Waals surface area (Å²) in [7, 11) is 0. The summed E-state index contributed by atoms with van der Waals surface area (Å²) in [6.45, 7) is 6.66. The van der Waals surface area contributed by atoms with Crippen molar-refractivity contribution in [1.29, 1.82) is 0 Å². The Morgan fingerprint density at radius 2 is 0.493 bits per heavy atom. The normalized spacial score (nSPS) is 12.2. The van der Waals surface area contributed by atoms with E-state index in [0.717, 1.165) is 70.6 Å². The van der Waals surface area contributed by atoms with E-state index in [1.807, 2.05) is 0 Å². The van der Waals surface area contributed by atoms with Crippen LogP contribution in [0.3, 0.4) is 0 Å². The average molecular weight is 1030 g/mol. The van der Waals surface area contributed by atoms with Gasteiger partial charge >= 0.3 is 17.9 Å². The number of carbonyl (C=O) groups is 3. The molecule has 0 saturated heterocycles. The first-order valence-corrected chi connectivity index (χ1v) is 32.5. The van der Waals surface area contributed by atoms with Gasteiger partial charge in [0.1, 0.15) is 13.2 Å². The van der Waals surface area contributed by atoms with Crippen molar-refractivity contribution in [2.24, 2.45) is 0 Å². The van der Waals surface area contributed by atoms with Crippen molar-refractivity contribution in [3.8, 4) is 0 Å². The molecule has 1 unspecified atom stereocenters. The molecular formula is C67H124O6. The molecule has 0 aromatic rings. The highest BCUT2D eigenvalue weighted by Crippen LogP contribution is 2.18. The fraction of sp³-hybridized carbons (Fsp3) is 0.866. The standard InChI is InChI=1S/C67H124O6/c1-4-7-10-13-16-19-22-25-27-29-31-33-35-36-38-40-42-45-48-51-54-57-60-66(69)72-63-64(62-71-65(68)59-56-53-50-47-44-24-21-18-15-12-9-6-3)73-67(70)61-58-55-52-49-46-43-41-39-37-34-32-30-28-26-23-20-17-14-11-8-5-2/h18,21,23,26,30,32,64H,4-17,19-20,22,24-25,27-29,31,33-63H2,1-3H3/b21-18-,26-23-,32-30-. The Kier molecular flexibility index (Phi) is 60.2. The number of hydrogen-bond donors (Lipinski definition) is 0. The summed E-state index contributed by atoms with van der Waals surface area (Å²) in [6.07, 6.45) is 75.8. The highest BCUT2D eigenvalue weighted by atomic mass is 16.6. The van der Waals surface area contributed by atoms with Gasteiger partial charge in [-0.3, -0.25) is 14.4 Å². The molecule has 0 N–H and O–H groups in total. The van der Waals surface area contributed by atoms with Gasteiger partial charge in [-0.2, -0.15) is 0 Å². The molecular weight excluding hydrogens is 901 g/mol. The first-order chi connectivity index (χ1) is 36.0. The van der Waals surface area contributed by atoms with Crippen LogP contribution in [0.2, 0.25) is 0 Å². The fourth-order valence-electron chi connectivity index (χ4n) is 9.71. The fourth-order valence-corrected chi connectivity index (χ4v) is 9.71. The molecule has 0 heterocycles. The lowest BCUT2D eigenvalue weighted by Crippen LogP contribution is -2.30. The molecule has 0 aliphatic heterocycles. The van der Waals surface area contributed by atoms with Crippen molar-refractivity contribution < 1.29 is 28.6 Å². The van der Waals surface area contributed by atoms with Crippen LogP contribution in [-0.2, 0) is 28.6 Å². The van der Waals surface area contributed by atoms with Gasteiger partial charge < -0.3 is 14.2 Å². The minimum absolute atomic E-state index is 0.0723. The molecule has 73 heavy (non-hydrogen) atoms. The van der Waals surface area contributed by atoms with E-state index >= 15 is 0 Å². The molecule has 6 nitrogen and oxygen atoms in total. The van der Waals surface area contributed by atoms with Crippen LogP contribution in [0, 0.1) is 0 Å². The van der Waals surface area contributed by atoms with Gasteiger partial charge in [0.25, 0.3) is 0 Å². The van der Waals surface area contributed by atoms with E-state index in [-0.39, 0.29) is 31.1 Å². The third kappa shape index (κ3) is 60.4. The maximum atomic E-state index is 12.9. The number of rotatable bonds is 60. The lowest BCUT2D eigenvalue weighted by atomic mass is 10.0. The summed E-state index contributed by atoms with van der Waals surface area (Å²) in [4.78, 5) is 38.3. The lowest BCUT2D eigenvalue weighted by molar-refractivity contribution is -0.167. The van der Waals surface area contributed by atoms with Crippen molar-refractivity contribution >= 4 is 17.9 Å². The van der Waals surface area contributed by atoms with Crippen LogP contribution in [-0.4, -0.2) is 37.2 Å². The molecule has 0 spiro atoms. The Bertz CT molecular complexity index is 1220. The molecule has 428 valence electrons. The predicted molar refractivity (Wildman–Crippen MR) is 316 cm³/mol. The number of hydrogen-bond acceptors (Lipinski definition) is 6. The first-order valence-electron chi connectivity index (χ1n) is 32.5. The third-order valence-corrected chi connectivity index (χ3v) is 14.6. The molecule has 0 aromatic heterocycles. The van der Waals surface area contributed by atoms with Crippen molar-refractivity contribution in [3.05, 3.63) is 36.5 Å². The highest BCUT2D eigenvalue weighted by molar-refractivity contribution is 5.71. The second-order valence-electron chi connectivity index (χ2n) is 22.0. The molecule has 0 saturated carbocycles. The van der Waals surface area contributed by atoms with Gasteiger partial charge in [0, 0.05) is 19.3 Å². The molecule has 0 aliphatic carbocycles. The summed E-state index contributed by atoms with van der Waals surface area (Å²) in [6, 6.07) is 0. The van der Waals surface area contributed by atoms with Crippen molar-refractivity contribution in [1.82, 2.24) is 0 Å².